The molecule has 0 amide bonds. The molecule has 28 heavy (non-hydrogen) atoms. The second kappa shape index (κ2) is 7.98. The number of hydrogen-bond donors (Lipinski definition) is 1. The lowest BCUT2D eigenvalue weighted by atomic mass is 9.84. The van der Waals surface area contributed by atoms with Crippen LogP contribution in [0.2, 0.25) is 0 Å². The van der Waals surface area contributed by atoms with Gasteiger partial charge in [0, 0.05) is 31.2 Å². The normalized spacial score (nSPS) is 19.0. The molecule has 2 atom stereocenters. The smallest absolute Gasteiger partial charge is 0.303 e. The Morgan fingerprint density at radius 1 is 1.07 bits per heavy atom. The molecule has 1 aliphatic rings. The van der Waals surface area contributed by atoms with E-state index in [1.165, 1.54) is 52.5 Å². The second-order valence-electron chi connectivity index (χ2n) is 6.05. The molecule has 1 aromatic carbocycles. The summed E-state index contributed by atoms with van der Waals surface area (Å²) in [5, 5.41) is 23.7. The molecule has 0 saturated heterocycles. The fourth-order valence-electron chi connectivity index (χ4n) is 3.09. The van der Waals surface area contributed by atoms with Crippen molar-refractivity contribution in [3.8, 4) is 17.2 Å². The van der Waals surface area contributed by atoms with Gasteiger partial charge < -0.3 is 24.8 Å². The fourth-order valence-corrected chi connectivity index (χ4v) is 3.09. The first-order chi connectivity index (χ1) is 13.2. The maximum atomic E-state index is 11.9. The van der Waals surface area contributed by atoms with Gasteiger partial charge in [0.15, 0.2) is 11.8 Å². The minimum absolute atomic E-state index is 0.0921. The van der Waals surface area contributed by atoms with E-state index in [2.05, 4.69) is 4.99 Å². The van der Waals surface area contributed by atoms with Gasteiger partial charge in [0.1, 0.15) is 17.2 Å². The molecule has 1 aliphatic heterocycles. The number of aliphatic imine (C=N–C) groups is 1. The van der Waals surface area contributed by atoms with E-state index in [-0.39, 0.29) is 28.7 Å². The highest BCUT2D eigenvalue weighted by molar-refractivity contribution is 5.88. The van der Waals surface area contributed by atoms with E-state index in [4.69, 9.17) is 19.9 Å². The summed E-state index contributed by atoms with van der Waals surface area (Å²) in [5.41, 5.74) is 5.48. The third-order valence-electron chi connectivity index (χ3n) is 4.29. The molecule has 1 aromatic rings. The van der Waals surface area contributed by atoms with Crippen LogP contribution in [0.5, 0.6) is 17.2 Å². The first kappa shape index (κ1) is 20.7. The Morgan fingerprint density at radius 2 is 1.61 bits per heavy atom. The van der Waals surface area contributed by atoms with Crippen molar-refractivity contribution in [3.63, 3.8) is 0 Å². The number of hydrogen-bond acceptors (Lipinski definition) is 10. The van der Waals surface area contributed by atoms with Gasteiger partial charge in [-0.2, -0.15) is 0 Å². The van der Waals surface area contributed by atoms with Crippen molar-refractivity contribution in [1.82, 2.24) is 4.90 Å². The highest BCUT2D eigenvalue weighted by Crippen LogP contribution is 2.46. The maximum Gasteiger partial charge on any atom is 0.303 e. The van der Waals surface area contributed by atoms with Gasteiger partial charge in [-0.25, -0.2) is 4.99 Å². The molecule has 0 saturated carbocycles. The molecule has 0 aliphatic carbocycles. The lowest BCUT2D eigenvalue weighted by molar-refractivity contribution is -0.517. The van der Waals surface area contributed by atoms with E-state index in [0.717, 1.165) is 0 Å². The molecular weight excluding hydrogens is 374 g/mol. The Balaban J connectivity index is 2.94. The number of nitrogens with zero attached hydrogens (tertiary/aromatic N) is 4. The van der Waals surface area contributed by atoms with Crippen LogP contribution in [0.3, 0.4) is 0 Å². The zero-order valence-electron chi connectivity index (χ0n) is 16.0. The van der Waals surface area contributed by atoms with Crippen molar-refractivity contribution in [2.24, 2.45) is 10.7 Å². The van der Waals surface area contributed by atoms with Gasteiger partial charge in [0.25, 0.3) is 6.04 Å². The number of rotatable bonds is 7. The SMILES string of the molecule is COc1cc(OC)c([C@H]2C([N+](=O)[O-])=C(N(C)C)N=C(N)[C@@H]2[N+](=O)[O-])c(OC)c1. The highest BCUT2D eigenvalue weighted by Gasteiger charge is 2.52. The summed E-state index contributed by atoms with van der Waals surface area (Å²) >= 11 is 0. The predicted octanol–water partition coefficient (Wildman–Crippen LogP) is 0.820. The van der Waals surface area contributed by atoms with Crippen molar-refractivity contribution in [2.45, 2.75) is 12.0 Å². The Bertz CT molecular complexity index is 840. The van der Waals surface area contributed by atoms with Crippen LogP contribution in [-0.4, -0.2) is 62.0 Å². The summed E-state index contributed by atoms with van der Waals surface area (Å²) in [6.07, 6.45) is 0. The topological polar surface area (TPSA) is 156 Å². The van der Waals surface area contributed by atoms with Crippen molar-refractivity contribution >= 4 is 5.84 Å². The van der Waals surface area contributed by atoms with Crippen LogP contribution < -0.4 is 19.9 Å². The molecule has 12 heteroatoms. The van der Waals surface area contributed by atoms with E-state index < -0.39 is 27.5 Å². The molecule has 0 radical (unpaired) electrons. The van der Waals surface area contributed by atoms with Crippen molar-refractivity contribution in [1.29, 1.82) is 0 Å². The predicted molar refractivity (Wildman–Crippen MR) is 99.0 cm³/mol. The van der Waals surface area contributed by atoms with Gasteiger partial charge in [0.2, 0.25) is 5.82 Å². The molecule has 0 fully saturated rings. The number of benzene rings is 1. The van der Waals surface area contributed by atoms with Crippen LogP contribution in [0.1, 0.15) is 11.5 Å². The van der Waals surface area contributed by atoms with Crippen LogP contribution in [0.4, 0.5) is 0 Å². The standard InChI is InChI=1S/C16H21N5O7/c1-19(2)16-14(21(24)25)12(13(20(22)23)15(17)18-16)11-9(27-4)6-8(26-3)7-10(11)28-5/h6-7,12-13H,1-5H3,(H2,17,18)/t12-,13-/m1/s1. The summed E-state index contributed by atoms with van der Waals surface area (Å²) in [7, 11) is 7.15. The van der Waals surface area contributed by atoms with Gasteiger partial charge in [-0.3, -0.25) is 20.2 Å². The van der Waals surface area contributed by atoms with Gasteiger partial charge >= 0.3 is 5.70 Å². The van der Waals surface area contributed by atoms with Crippen LogP contribution in [0.25, 0.3) is 0 Å². The Morgan fingerprint density at radius 3 is 1.96 bits per heavy atom. The largest absolute Gasteiger partial charge is 0.496 e. The Hall–Kier alpha value is -3.57. The van der Waals surface area contributed by atoms with Crippen LogP contribution in [0, 0.1) is 20.2 Å². The summed E-state index contributed by atoms with van der Waals surface area (Å²) in [5.74, 6) is -1.25. The molecule has 0 bridgehead atoms. The van der Waals surface area contributed by atoms with E-state index >= 15 is 0 Å². The van der Waals surface area contributed by atoms with Crippen LogP contribution in [-0.2, 0) is 0 Å². The molecule has 0 unspecified atom stereocenters. The monoisotopic (exact) mass is 395 g/mol. The van der Waals surface area contributed by atoms with E-state index in [9.17, 15) is 20.2 Å². The minimum atomic E-state index is -1.68. The zero-order chi connectivity index (χ0) is 21.2. The fraction of sp³-hybridized carbons (Fsp3) is 0.438. The second-order valence-corrected chi connectivity index (χ2v) is 6.05. The molecule has 2 rings (SSSR count). The first-order valence-electron chi connectivity index (χ1n) is 8.01. The maximum absolute atomic E-state index is 11.9. The van der Waals surface area contributed by atoms with Gasteiger partial charge in [0.05, 0.1) is 31.8 Å². The van der Waals surface area contributed by atoms with Crippen molar-refractivity contribution in [3.05, 3.63) is 49.4 Å². The van der Waals surface area contributed by atoms with Crippen LogP contribution >= 0.6 is 0 Å². The molecule has 152 valence electrons. The summed E-state index contributed by atoms with van der Waals surface area (Å²) in [4.78, 5) is 27.6. The molecule has 2 N–H and O–H groups in total. The number of ether oxygens (including phenoxy) is 3. The third-order valence-corrected chi connectivity index (χ3v) is 4.29. The van der Waals surface area contributed by atoms with Crippen molar-refractivity contribution in [2.75, 3.05) is 35.4 Å². The summed E-state index contributed by atoms with van der Waals surface area (Å²) < 4.78 is 15.9. The zero-order valence-corrected chi connectivity index (χ0v) is 16.0. The number of nitro groups is 2. The minimum Gasteiger partial charge on any atom is -0.496 e. The molecule has 1 heterocycles. The molecule has 0 spiro atoms. The Labute approximate surface area is 160 Å². The van der Waals surface area contributed by atoms with E-state index in [1.54, 1.807) is 0 Å². The van der Waals surface area contributed by atoms with E-state index in [0.29, 0.717) is 5.75 Å². The quantitative estimate of drug-likeness (QED) is 0.521. The molecular formula is C16H21N5O7. The lowest BCUT2D eigenvalue weighted by Gasteiger charge is -2.28. The summed E-state index contributed by atoms with van der Waals surface area (Å²) in [6, 6.07) is 1.24. The van der Waals surface area contributed by atoms with Crippen LogP contribution in [0.15, 0.2) is 28.6 Å². The van der Waals surface area contributed by atoms with Gasteiger partial charge in [-0.15, -0.1) is 0 Å². The Kier molecular flexibility index (Phi) is 5.91. The highest BCUT2D eigenvalue weighted by atomic mass is 16.6. The molecule has 12 nitrogen and oxygen atoms in total. The van der Waals surface area contributed by atoms with Crippen molar-refractivity contribution < 1.29 is 24.1 Å². The lowest BCUT2D eigenvalue weighted by Crippen LogP contribution is -2.46. The molecule has 0 aromatic heterocycles. The average molecular weight is 395 g/mol. The summed E-state index contributed by atoms with van der Waals surface area (Å²) in [6.45, 7) is 0. The van der Waals surface area contributed by atoms with Gasteiger partial charge in [-0.05, 0) is 0 Å². The number of methoxy groups -OCH3 is 3. The number of amidine groups is 1. The van der Waals surface area contributed by atoms with E-state index in [1.807, 2.05) is 0 Å². The number of nitrogens with two attached hydrogens (primary N) is 1. The average Bonchev–Trinajstić information content (AvgIpc) is 2.64. The van der Waals surface area contributed by atoms with Gasteiger partial charge in [-0.1, -0.05) is 0 Å². The third kappa shape index (κ3) is 3.48. The first-order valence-corrected chi connectivity index (χ1v) is 8.01.